The van der Waals surface area contributed by atoms with Crippen LogP contribution in [0.4, 0.5) is 11.4 Å². The molecule has 0 radical (unpaired) electrons. The molecule has 10 heteroatoms. The molecule has 0 saturated carbocycles. The highest BCUT2D eigenvalue weighted by atomic mass is 35.5. The standard InChI is InChI=1S/C36H37Cl2N5O3/c37-32-12-6-28(23-33(32)38)36(45)40-29-7-13-34(39-24-29)46-31-10-8-30(9-11-31)42-16-14-26(15-17-42)22-35(44)43-20-18-41(19-21-43)25-27-4-2-1-3-5-27/h1-13,23-24,26H,14-22,25H2,(H,40,45). The van der Waals surface area contributed by atoms with Crippen LogP contribution in [0, 0.1) is 5.92 Å². The molecular formula is C36H37Cl2N5O3. The Kier molecular flexibility index (Phi) is 10.4. The van der Waals surface area contributed by atoms with Crippen LogP contribution in [0.1, 0.15) is 35.2 Å². The van der Waals surface area contributed by atoms with Gasteiger partial charge in [-0.25, -0.2) is 4.98 Å². The van der Waals surface area contributed by atoms with Crippen LogP contribution in [0.15, 0.2) is 91.1 Å². The summed E-state index contributed by atoms with van der Waals surface area (Å²) in [5.41, 5.74) is 3.39. The Bertz CT molecular complexity index is 1620. The minimum atomic E-state index is -0.312. The van der Waals surface area contributed by atoms with E-state index in [2.05, 4.69) is 61.4 Å². The molecule has 1 N–H and O–H groups in total. The maximum atomic E-state index is 13.1. The van der Waals surface area contributed by atoms with E-state index in [0.717, 1.165) is 64.3 Å². The zero-order valence-electron chi connectivity index (χ0n) is 25.6. The Morgan fingerprint density at radius 3 is 2.24 bits per heavy atom. The summed E-state index contributed by atoms with van der Waals surface area (Å²) >= 11 is 12.0. The molecule has 6 rings (SSSR count). The number of carbonyl (C=O) groups excluding carboxylic acids is 2. The van der Waals surface area contributed by atoms with E-state index in [9.17, 15) is 9.59 Å². The number of benzene rings is 3. The summed E-state index contributed by atoms with van der Waals surface area (Å²) in [5, 5.41) is 3.50. The van der Waals surface area contributed by atoms with Crippen LogP contribution in [0.3, 0.4) is 0 Å². The van der Waals surface area contributed by atoms with Gasteiger partial charge in [0.05, 0.1) is 21.9 Å². The third-order valence-electron chi connectivity index (χ3n) is 8.65. The summed E-state index contributed by atoms with van der Waals surface area (Å²) in [7, 11) is 0. The molecule has 0 aliphatic carbocycles. The van der Waals surface area contributed by atoms with Crippen molar-refractivity contribution in [2.45, 2.75) is 25.8 Å². The highest BCUT2D eigenvalue weighted by Gasteiger charge is 2.26. The van der Waals surface area contributed by atoms with Gasteiger partial charge in [-0.3, -0.25) is 14.5 Å². The molecule has 2 aliphatic rings. The number of amides is 2. The molecule has 3 heterocycles. The van der Waals surface area contributed by atoms with Crippen molar-refractivity contribution in [3.63, 3.8) is 0 Å². The van der Waals surface area contributed by atoms with Gasteiger partial charge in [0.2, 0.25) is 11.8 Å². The molecule has 0 bridgehead atoms. The second kappa shape index (κ2) is 15.0. The summed E-state index contributed by atoms with van der Waals surface area (Å²) in [6.07, 6.45) is 4.20. The third-order valence-corrected chi connectivity index (χ3v) is 9.39. The minimum absolute atomic E-state index is 0.301. The number of nitrogens with zero attached hydrogens (tertiary/aromatic N) is 4. The third kappa shape index (κ3) is 8.37. The van der Waals surface area contributed by atoms with E-state index in [1.807, 2.05) is 18.2 Å². The van der Waals surface area contributed by atoms with Gasteiger partial charge in [0, 0.05) is 69.6 Å². The first kappa shape index (κ1) is 31.9. The molecule has 3 aromatic carbocycles. The predicted octanol–water partition coefficient (Wildman–Crippen LogP) is 7.38. The summed E-state index contributed by atoms with van der Waals surface area (Å²) in [6.45, 7) is 6.30. The first-order valence-electron chi connectivity index (χ1n) is 15.7. The average molecular weight is 659 g/mol. The quantitative estimate of drug-likeness (QED) is 0.202. The molecule has 8 nitrogen and oxygen atoms in total. The van der Waals surface area contributed by atoms with Gasteiger partial charge < -0.3 is 19.9 Å². The number of pyridine rings is 1. The molecule has 46 heavy (non-hydrogen) atoms. The zero-order valence-corrected chi connectivity index (χ0v) is 27.1. The van der Waals surface area contributed by atoms with Crippen LogP contribution >= 0.6 is 23.2 Å². The number of piperazine rings is 1. The number of anilines is 2. The van der Waals surface area contributed by atoms with E-state index in [-0.39, 0.29) is 5.91 Å². The van der Waals surface area contributed by atoms with Gasteiger partial charge in [-0.1, -0.05) is 53.5 Å². The molecule has 2 fully saturated rings. The van der Waals surface area contributed by atoms with E-state index < -0.39 is 0 Å². The number of aromatic nitrogens is 1. The topological polar surface area (TPSA) is 78.0 Å². The summed E-state index contributed by atoms with van der Waals surface area (Å²) in [6, 6.07) is 26.7. The fourth-order valence-corrected chi connectivity index (χ4v) is 6.27. The molecule has 1 aromatic heterocycles. The van der Waals surface area contributed by atoms with Crippen molar-refractivity contribution in [3.05, 3.63) is 112 Å². The van der Waals surface area contributed by atoms with Crippen LogP contribution in [0.5, 0.6) is 11.6 Å². The van der Waals surface area contributed by atoms with Gasteiger partial charge in [0.1, 0.15) is 5.75 Å². The minimum Gasteiger partial charge on any atom is -0.439 e. The number of ether oxygens (including phenoxy) is 1. The monoisotopic (exact) mass is 657 g/mol. The van der Waals surface area contributed by atoms with Crippen LogP contribution < -0.4 is 15.0 Å². The highest BCUT2D eigenvalue weighted by molar-refractivity contribution is 6.42. The van der Waals surface area contributed by atoms with Crippen LogP contribution in [0.25, 0.3) is 0 Å². The largest absolute Gasteiger partial charge is 0.439 e. The lowest BCUT2D eigenvalue weighted by molar-refractivity contribution is -0.134. The van der Waals surface area contributed by atoms with E-state index >= 15 is 0 Å². The molecular weight excluding hydrogens is 621 g/mol. The highest BCUT2D eigenvalue weighted by Crippen LogP contribution is 2.29. The fraction of sp³-hybridized carbons (Fsp3) is 0.306. The Morgan fingerprint density at radius 1 is 0.826 bits per heavy atom. The van der Waals surface area contributed by atoms with Gasteiger partial charge in [0.25, 0.3) is 5.91 Å². The van der Waals surface area contributed by atoms with E-state index in [0.29, 0.717) is 51.2 Å². The number of rotatable bonds is 9. The van der Waals surface area contributed by atoms with Crippen LogP contribution in [0.2, 0.25) is 10.0 Å². The molecule has 0 atom stereocenters. The molecule has 2 amide bonds. The van der Waals surface area contributed by atoms with Crippen LogP contribution in [-0.2, 0) is 11.3 Å². The number of piperidine rings is 1. The second-order valence-corrected chi connectivity index (χ2v) is 12.7. The maximum absolute atomic E-state index is 13.1. The van der Waals surface area contributed by atoms with Crippen molar-refractivity contribution in [1.82, 2.24) is 14.8 Å². The lowest BCUT2D eigenvalue weighted by atomic mass is 9.92. The van der Waals surface area contributed by atoms with E-state index in [1.165, 1.54) is 11.6 Å². The Balaban J connectivity index is 0.919. The summed E-state index contributed by atoms with van der Waals surface area (Å²) in [4.78, 5) is 36.8. The first-order chi connectivity index (χ1) is 22.4. The van der Waals surface area contributed by atoms with Gasteiger partial charge in [0.15, 0.2) is 0 Å². The average Bonchev–Trinajstić information content (AvgIpc) is 3.08. The number of carbonyl (C=O) groups is 2. The summed E-state index contributed by atoms with van der Waals surface area (Å²) < 4.78 is 5.93. The molecule has 2 saturated heterocycles. The lowest BCUT2D eigenvalue weighted by Crippen LogP contribution is -2.48. The fourth-order valence-electron chi connectivity index (χ4n) is 5.97. The predicted molar refractivity (Wildman–Crippen MR) is 183 cm³/mol. The smallest absolute Gasteiger partial charge is 0.255 e. The van der Waals surface area contributed by atoms with E-state index in [4.69, 9.17) is 27.9 Å². The number of nitrogens with one attached hydrogen (secondary N) is 1. The Hall–Kier alpha value is -4.11. The van der Waals surface area contributed by atoms with Crippen LogP contribution in [-0.4, -0.2) is 65.9 Å². The van der Waals surface area contributed by atoms with Crippen molar-refractivity contribution in [2.24, 2.45) is 5.92 Å². The molecule has 2 aliphatic heterocycles. The van der Waals surface area contributed by atoms with Crippen molar-refractivity contribution in [2.75, 3.05) is 49.5 Å². The molecule has 4 aromatic rings. The van der Waals surface area contributed by atoms with Gasteiger partial charge in [-0.2, -0.15) is 0 Å². The maximum Gasteiger partial charge on any atom is 0.255 e. The Morgan fingerprint density at radius 2 is 1.57 bits per heavy atom. The molecule has 0 spiro atoms. The first-order valence-corrected chi connectivity index (χ1v) is 16.4. The number of hydrogen-bond acceptors (Lipinski definition) is 6. The number of halogens is 2. The number of hydrogen-bond donors (Lipinski definition) is 1. The van der Waals surface area contributed by atoms with Crippen molar-refractivity contribution in [1.29, 1.82) is 0 Å². The van der Waals surface area contributed by atoms with Gasteiger partial charge in [-0.05, 0) is 72.9 Å². The zero-order chi connectivity index (χ0) is 31.9. The van der Waals surface area contributed by atoms with E-state index in [1.54, 1.807) is 30.5 Å². The van der Waals surface area contributed by atoms with Crippen molar-refractivity contribution >= 4 is 46.4 Å². The van der Waals surface area contributed by atoms with Crippen molar-refractivity contribution < 1.29 is 14.3 Å². The normalized spacial score (nSPS) is 15.9. The molecule has 0 unspecified atom stereocenters. The van der Waals surface area contributed by atoms with Gasteiger partial charge >= 0.3 is 0 Å². The van der Waals surface area contributed by atoms with Crippen molar-refractivity contribution in [3.8, 4) is 11.6 Å². The SMILES string of the molecule is O=C(Nc1ccc(Oc2ccc(N3CCC(CC(=O)N4CCN(Cc5ccccc5)CC4)CC3)cc2)nc1)c1ccc(Cl)c(Cl)c1. The molecule has 238 valence electrons. The lowest BCUT2D eigenvalue weighted by Gasteiger charge is -2.37. The van der Waals surface area contributed by atoms with Gasteiger partial charge in [-0.15, -0.1) is 0 Å². The summed E-state index contributed by atoms with van der Waals surface area (Å²) in [5.74, 6) is 1.51. The second-order valence-electron chi connectivity index (χ2n) is 11.8. The Labute approximate surface area is 279 Å².